The number of benzene rings is 1. The number of halogens is 1. The third kappa shape index (κ3) is 3.71. The van der Waals surface area contributed by atoms with Crippen LogP contribution in [-0.2, 0) is 6.42 Å². The summed E-state index contributed by atoms with van der Waals surface area (Å²) >= 11 is 3.58. The third-order valence-corrected chi connectivity index (χ3v) is 4.38. The van der Waals surface area contributed by atoms with Gasteiger partial charge in [0.1, 0.15) is 5.75 Å². The van der Waals surface area contributed by atoms with Gasteiger partial charge < -0.3 is 9.64 Å². The molecule has 1 fully saturated rings. The summed E-state index contributed by atoms with van der Waals surface area (Å²) in [5.41, 5.74) is 1.40. The molecule has 1 aromatic rings. The van der Waals surface area contributed by atoms with Gasteiger partial charge in [-0.05, 0) is 43.0 Å². The maximum Gasteiger partial charge on any atom is 0.118 e. The quantitative estimate of drug-likeness (QED) is 0.775. The predicted octanol–water partition coefficient (Wildman–Crippen LogP) is 2.95. The van der Waals surface area contributed by atoms with Gasteiger partial charge in [0.25, 0.3) is 0 Å². The van der Waals surface area contributed by atoms with Crippen LogP contribution in [0.5, 0.6) is 5.75 Å². The smallest absolute Gasteiger partial charge is 0.118 e. The average Bonchev–Trinajstić information content (AvgIpc) is 2.85. The summed E-state index contributed by atoms with van der Waals surface area (Å²) < 4.78 is 5.16. The molecular weight excluding hydrogens is 278 g/mol. The number of nitrogens with zero attached hydrogens (tertiary/aromatic N) is 1. The van der Waals surface area contributed by atoms with E-state index >= 15 is 0 Å². The SMILES string of the molecule is COc1ccc(CCN2CCC(CBr)C2)cc1. The van der Waals surface area contributed by atoms with Gasteiger partial charge in [0, 0.05) is 18.4 Å². The van der Waals surface area contributed by atoms with E-state index in [1.807, 2.05) is 12.1 Å². The van der Waals surface area contributed by atoms with E-state index in [0.717, 1.165) is 23.4 Å². The van der Waals surface area contributed by atoms with E-state index in [0.29, 0.717) is 0 Å². The maximum absolute atomic E-state index is 5.16. The van der Waals surface area contributed by atoms with Gasteiger partial charge in [-0.2, -0.15) is 0 Å². The fourth-order valence-corrected chi connectivity index (χ4v) is 2.85. The predicted molar refractivity (Wildman–Crippen MR) is 75.0 cm³/mol. The Morgan fingerprint density at radius 1 is 1.35 bits per heavy atom. The lowest BCUT2D eigenvalue weighted by molar-refractivity contribution is 0.333. The van der Waals surface area contributed by atoms with Crippen LogP contribution in [-0.4, -0.2) is 37.0 Å². The van der Waals surface area contributed by atoms with Crippen molar-refractivity contribution >= 4 is 15.9 Å². The minimum atomic E-state index is 0.853. The lowest BCUT2D eigenvalue weighted by Gasteiger charge is -2.15. The van der Waals surface area contributed by atoms with E-state index in [1.165, 1.54) is 31.6 Å². The maximum atomic E-state index is 5.16. The summed E-state index contributed by atoms with van der Waals surface area (Å²) in [5, 5.41) is 1.14. The first-order chi connectivity index (χ1) is 8.31. The van der Waals surface area contributed by atoms with Crippen molar-refractivity contribution < 1.29 is 4.74 Å². The summed E-state index contributed by atoms with van der Waals surface area (Å²) in [6.07, 6.45) is 2.48. The largest absolute Gasteiger partial charge is 0.497 e. The monoisotopic (exact) mass is 297 g/mol. The van der Waals surface area contributed by atoms with E-state index in [9.17, 15) is 0 Å². The van der Waals surface area contributed by atoms with Crippen LogP contribution < -0.4 is 4.74 Å². The highest BCUT2D eigenvalue weighted by Crippen LogP contribution is 2.19. The van der Waals surface area contributed by atoms with E-state index in [4.69, 9.17) is 4.74 Å². The molecule has 1 unspecified atom stereocenters. The zero-order chi connectivity index (χ0) is 12.1. The molecule has 0 aromatic heterocycles. The minimum absolute atomic E-state index is 0.853. The standard InChI is InChI=1S/C14H20BrNO/c1-17-14-4-2-12(3-5-14)6-8-16-9-7-13(10-15)11-16/h2-5,13H,6-11H2,1H3. The summed E-state index contributed by atoms with van der Waals surface area (Å²) in [6.45, 7) is 3.68. The second-order valence-electron chi connectivity index (χ2n) is 4.71. The molecule has 0 saturated carbocycles. The molecule has 1 aromatic carbocycles. The number of hydrogen-bond donors (Lipinski definition) is 0. The van der Waals surface area contributed by atoms with E-state index in [1.54, 1.807) is 7.11 Å². The Kier molecular flexibility index (Phi) is 4.86. The van der Waals surface area contributed by atoms with E-state index < -0.39 is 0 Å². The van der Waals surface area contributed by atoms with Crippen molar-refractivity contribution in [3.63, 3.8) is 0 Å². The molecule has 0 amide bonds. The summed E-state index contributed by atoms with van der Waals surface area (Å²) in [5.74, 6) is 1.79. The molecule has 1 atom stereocenters. The second kappa shape index (κ2) is 6.41. The normalized spacial score (nSPS) is 20.7. The van der Waals surface area contributed by atoms with Gasteiger partial charge in [-0.1, -0.05) is 28.1 Å². The van der Waals surface area contributed by atoms with Crippen LogP contribution >= 0.6 is 15.9 Å². The molecule has 1 aliphatic rings. The summed E-state index contributed by atoms with van der Waals surface area (Å²) in [6, 6.07) is 8.41. The molecule has 94 valence electrons. The van der Waals surface area contributed by atoms with Gasteiger partial charge in [0.05, 0.1) is 7.11 Å². The number of likely N-dealkylation sites (tertiary alicyclic amines) is 1. The molecule has 2 rings (SSSR count). The van der Waals surface area contributed by atoms with Crippen molar-refractivity contribution in [2.45, 2.75) is 12.8 Å². The van der Waals surface area contributed by atoms with Gasteiger partial charge in [0.2, 0.25) is 0 Å². The zero-order valence-electron chi connectivity index (χ0n) is 10.4. The first-order valence-corrected chi connectivity index (χ1v) is 7.35. The number of hydrogen-bond acceptors (Lipinski definition) is 2. The molecule has 1 saturated heterocycles. The van der Waals surface area contributed by atoms with Crippen molar-refractivity contribution in [2.75, 3.05) is 32.1 Å². The van der Waals surface area contributed by atoms with Crippen LogP contribution in [0.3, 0.4) is 0 Å². The average molecular weight is 298 g/mol. The van der Waals surface area contributed by atoms with Gasteiger partial charge in [0.15, 0.2) is 0 Å². The Balaban J connectivity index is 1.78. The number of alkyl halides is 1. The highest BCUT2D eigenvalue weighted by molar-refractivity contribution is 9.09. The summed E-state index contributed by atoms with van der Waals surface area (Å²) in [7, 11) is 1.71. The van der Waals surface area contributed by atoms with Crippen LogP contribution in [0.2, 0.25) is 0 Å². The Labute approximate surface area is 112 Å². The second-order valence-corrected chi connectivity index (χ2v) is 5.36. The van der Waals surface area contributed by atoms with Crippen LogP contribution in [0.15, 0.2) is 24.3 Å². The number of ether oxygens (including phenoxy) is 1. The van der Waals surface area contributed by atoms with Crippen LogP contribution in [0.25, 0.3) is 0 Å². The van der Waals surface area contributed by atoms with Gasteiger partial charge in [-0.15, -0.1) is 0 Å². The van der Waals surface area contributed by atoms with Gasteiger partial charge in [-0.25, -0.2) is 0 Å². The molecular formula is C14H20BrNO. The molecule has 0 N–H and O–H groups in total. The van der Waals surface area contributed by atoms with E-state index in [2.05, 4.69) is 33.0 Å². The first kappa shape index (κ1) is 12.9. The lowest BCUT2D eigenvalue weighted by atomic mass is 10.1. The number of methoxy groups -OCH3 is 1. The molecule has 1 heterocycles. The van der Waals surface area contributed by atoms with Gasteiger partial charge in [-0.3, -0.25) is 0 Å². The van der Waals surface area contributed by atoms with Crippen molar-refractivity contribution in [3.8, 4) is 5.75 Å². The molecule has 0 radical (unpaired) electrons. The minimum Gasteiger partial charge on any atom is -0.497 e. The fraction of sp³-hybridized carbons (Fsp3) is 0.571. The Morgan fingerprint density at radius 3 is 2.71 bits per heavy atom. The van der Waals surface area contributed by atoms with E-state index in [-0.39, 0.29) is 0 Å². The van der Waals surface area contributed by atoms with Crippen molar-refractivity contribution in [2.24, 2.45) is 5.92 Å². The van der Waals surface area contributed by atoms with Crippen molar-refractivity contribution in [1.82, 2.24) is 4.90 Å². The molecule has 2 nitrogen and oxygen atoms in total. The van der Waals surface area contributed by atoms with Crippen LogP contribution in [0.4, 0.5) is 0 Å². The fourth-order valence-electron chi connectivity index (χ4n) is 2.32. The molecule has 3 heteroatoms. The highest BCUT2D eigenvalue weighted by atomic mass is 79.9. The summed E-state index contributed by atoms with van der Waals surface area (Å²) in [4.78, 5) is 2.57. The topological polar surface area (TPSA) is 12.5 Å². The Bertz CT molecular complexity index is 339. The Morgan fingerprint density at radius 2 is 2.12 bits per heavy atom. The zero-order valence-corrected chi connectivity index (χ0v) is 11.9. The molecule has 0 bridgehead atoms. The van der Waals surface area contributed by atoms with Crippen LogP contribution in [0, 0.1) is 5.92 Å². The molecule has 1 aliphatic heterocycles. The first-order valence-electron chi connectivity index (χ1n) is 6.23. The third-order valence-electron chi connectivity index (χ3n) is 3.46. The Hall–Kier alpha value is -0.540. The molecule has 0 aliphatic carbocycles. The molecule has 0 spiro atoms. The van der Waals surface area contributed by atoms with Crippen LogP contribution in [0.1, 0.15) is 12.0 Å². The van der Waals surface area contributed by atoms with Crippen molar-refractivity contribution in [3.05, 3.63) is 29.8 Å². The van der Waals surface area contributed by atoms with Gasteiger partial charge >= 0.3 is 0 Å². The lowest BCUT2D eigenvalue weighted by Crippen LogP contribution is -2.23. The number of rotatable bonds is 5. The molecule has 17 heavy (non-hydrogen) atoms. The highest BCUT2D eigenvalue weighted by Gasteiger charge is 2.20. The van der Waals surface area contributed by atoms with Crippen molar-refractivity contribution in [1.29, 1.82) is 0 Å².